The Morgan fingerprint density at radius 1 is 1.05 bits per heavy atom. The summed E-state index contributed by atoms with van der Waals surface area (Å²) in [7, 11) is -3.16. The molecule has 0 fully saturated rings. The molecule has 38 heavy (non-hydrogen) atoms. The van der Waals surface area contributed by atoms with Gasteiger partial charge in [-0.25, -0.2) is 0 Å². The Labute approximate surface area is 250 Å². The maximum absolute atomic E-state index is 13.4. The molecule has 4 aromatic rings. The van der Waals surface area contributed by atoms with Gasteiger partial charge < -0.3 is 15.2 Å². The van der Waals surface area contributed by atoms with Crippen LogP contribution in [0.2, 0.25) is 10.0 Å². The molecule has 190 valence electrons. The smallest absolute Gasteiger partial charge is 0.870 e. The quantitative estimate of drug-likeness (QED) is 0.203. The molecule has 0 spiro atoms. The van der Waals surface area contributed by atoms with Crippen LogP contribution in [0.15, 0.2) is 75.8 Å². The third-order valence-corrected chi connectivity index (χ3v) is 7.01. The van der Waals surface area contributed by atoms with Crippen LogP contribution in [0.1, 0.15) is 15.9 Å². The molecule has 0 unspecified atom stereocenters. The Hall–Kier alpha value is -2.70. The molecule has 0 aliphatic carbocycles. The zero-order valence-corrected chi connectivity index (χ0v) is 24.6. The largest absolute Gasteiger partial charge is 1.00 e. The maximum atomic E-state index is 13.4. The van der Waals surface area contributed by atoms with Crippen LogP contribution < -0.4 is 44.7 Å². The molecule has 2 N–H and O–H groups in total. The van der Waals surface area contributed by atoms with E-state index in [1.165, 1.54) is 31.4 Å². The Morgan fingerprint density at radius 2 is 1.76 bits per heavy atom. The van der Waals surface area contributed by atoms with Crippen molar-refractivity contribution in [2.75, 3.05) is 12.4 Å². The van der Waals surface area contributed by atoms with Gasteiger partial charge in [-0.1, -0.05) is 53.2 Å². The fourth-order valence-corrected chi connectivity index (χ4v) is 4.96. The second-order valence-electron chi connectivity index (χ2n) is 7.90. The van der Waals surface area contributed by atoms with Gasteiger partial charge in [-0.2, -0.15) is 13.5 Å². The van der Waals surface area contributed by atoms with E-state index in [0.717, 1.165) is 0 Å². The molecule has 4 rings (SSSR count). The molecule has 0 radical (unpaired) electrons. The van der Waals surface area contributed by atoms with Gasteiger partial charge in [0.2, 0.25) is 0 Å². The van der Waals surface area contributed by atoms with E-state index < -0.39 is 26.7 Å². The topological polar surface area (TPSA) is 140 Å². The van der Waals surface area contributed by atoms with Crippen molar-refractivity contribution in [1.29, 1.82) is 0 Å². The molecule has 0 aliphatic heterocycles. The Bertz CT molecular complexity index is 1700. The van der Waals surface area contributed by atoms with Gasteiger partial charge in [0.25, 0.3) is 16.0 Å². The van der Waals surface area contributed by atoms with Crippen molar-refractivity contribution >= 4 is 67.1 Å². The summed E-state index contributed by atoms with van der Waals surface area (Å²) in [5, 5.41) is 24.9. The third-order valence-electron chi connectivity index (χ3n) is 5.33. The van der Waals surface area contributed by atoms with Crippen LogP contribution in [0.5, 0.6) is 11.5 Å². The summed E-state index contributed by atoms with van der Waals surface area (Å²) < 4.78 is 37.9. The van der Waals surface area contributed by atoms with E-state index in [-0.39, 0.29) is 56.5 Å². The number of nitrogens with zero attached hydrogens (tertiary/aromatic N) is 2. The summed E-state index contributed by atoms with van der Waals surface area (Å²) >= 11 is 12.3. The van der Waals surface area contributed by atoms with Crippen molar-refractivity contribution in [2.45, 2.75) is 11.8 Å². The molecule has 0 heterocycles. The summed E-state index contributed by atoms with van der Waals surface area (Å²) in [5.41, 5.74) is 0.344. The van der Waals surface area contributed by atoms with E-state index in [1.54, 1.807) is 43.3 Å². The van der Waals surface area contributed by atoms with E-state index in [2.05, 4.69) is 15.5 Å². The number of methoxy groups -OCH3 is 1. The number of azo groups is 1. The van der Waals surface area contributed by atoms with Crippen molar-refractivity contribution in [3.05, 3.63) is 81.8 Å². The monoisotopic (exact) mass is 581 g/mol. The van der Waals surface area contributed by atoms with E-state index >= 15 is 0 Å². The van der Waals surface area contributed by atoms with Gasteiger partial charge >= 0.3 is 29.6 Å². The Morgan fingerprint density at radius 3 is 2.42 bits per heavy atom. The number of hydrogen-bond donors (Lipinski definition) is 2. The predicted molar refractivity (Wildman–Crippen MR) is 140 cm³/mol. The summed E-state index contributed by atoms with van der Waals surface area (Å²) in [6, 6.07) is 15.4. The fraction of sp³-hybridized carbons (Fsp3) is 0.0800. The first-order chi connectivity index (χ1) is 17.5. The molecule has 0 saturated carbocycles. The number of benzene rings is 4. The van der Waals surface area contributed by atoms with Gasteiger partial charge in [-0.05, 0) is 54.3 Å². The number of ether oxygens (including phenoxy) is 1. The van der Waals surface area contributed by atoms with Crippen LogP contribution >= 0.6 is 23.2 Å². The van der Waals surface area contributed by atoms with E-state index in [0.29, 0.717) is 27.8 Å². The van der Waals surface area contributed by atoms with Crippen LogP contribution in [0.3, 0.4) is 0 Å². The van der Waals surface area contributed by atoms with Crippen LogP contribution in [-0.4, -0.2) is 26.0 Å². The molecular formula is C25H18Cl2N3NaO6S. The zero-order valence-electron chi connectivity index (χ0n) is 20.3. The summed E-state index contributed by atoms with van der Waals surface area (Å²) in [5.74, 6) is -0.987. The fourth-order valence-electron chi connectivity index (χ4n) is 3.60. The molecule has 9 nitrogen and oxygen atoms in total. The number of aryl methyl sites for hydroxylation is 1. The predicted octanol–water partition coefficient (Wildman–Crippen LogP) is 3.46. The number of halogens is 2. The Kier molecular flexibility index (Phi) is 9.43. The first-order valence-corrected chi connectivity index (χ1v) is 12.8. The Balaban J connectivity index is 0.00000400. The number of carbonyl (C=O) groups is 1. The van der Waals surface area contributed by atoms with Crippen molar-refractivity contribution in [1.82, 2.24) is 0 Å². The minimum Gasteiger partial charge on any atom is -0.870 e. The number of amides is 1. The van der Waals surface area contributed by atoms with E-state index in [4.69, 9.17) is 27.9 Å². The van der Waals surface area contributed by atoms with Crippen molar-refractivity contribution in [3.8, 4) is 11.5 Å². The average Bonchev–Trinajstić information content (AvgIpc) is 2.84. The molecule has 0 bridgehead atoms. The molecule has 0 atom stereocenters. The average molecular weight is 582 g/mol. The first-order valence-electron chi connectivity index (χ1n) is 10.6. The second kappa shape index (κ2) is 12.0. The standard InChI is InChI=1S/C25H19Cl2N3O6S.Na/c1-13-9-19(22(27)21(10-13)37(33,34)35)29-30-23-16-6-4-3-5-14(16)11-17(24(23)31)25(32)28-15-7-8-20(36-2)18(26)12-15;/h3-12,31H,1-2H3,(H,28,32)(H,33,34,35);/q;+1/p-1. The van der Waals surface area contributed by atoms with Gasteiger partial charge in [0, 0.05) is 16.6 Å². The number of fused-ring (bicyclic) bond motifs is 1. The molecule has 1 amide bonds. The molecule has 4 aromatic carbocycles. The van der Waals surface area contributed by atoms with Gasteiger partial charge in [-0.15, -0.1) is 5.11 Å². The van der Waals surface area contributed by atoms with Crippen molar-refractivity contribution in [3.63, 3.8) is 0 Å². The summed E-state index contributed by atoms with van der Waals surface area (Å²) in [6.07, 6.45) is 0. The molecular weight excluding hydrogens is 564 g/mol. The van der Waals surface area contributed by atoms with Gasteiger partial charge in [-0.3, -0.25) is 9.35 Å². The van der Waals surface area contributed by atoms with Crippen LogP contribution in [0.25, 0.3) is 10.8 Å². The molecule has 0 aliphatic rings. The zero-order chi connectivity index (χ0) is 26.9. The number of rotatable bonds is 6. The minimum absolute atomic E-state index is 0. The summed E-state index contributed by atoms with van der Waals surface area (Å²) in [4.78, 5) is 12.5. The minimum atomic E-state index is -4.63. The molecule has 13 heteroatoms. The molecule has 0 aromatic heterocycles. The third kappa shape index (κ3) is 6.29. The first kappa shape index (κ1) is 29.9. The van der Waals surface area contributed by atoms with E-state index in [1.807, 2.05) is 0 Å². The van der Waals surface area contributed by atoms with E-state index in [9.17, 15) is 22.9 Å². The second-order valence-corrected chi connectivity index (χ2v) is 10.1. The van der Waals surface area contributed by atoms with Gasteiger partial charge in [0.1, 0.15) is 16.3 Å². The SMILES string of the molecule is COc1ccc(NC(=O)c2cc3ccccc3c(N=Nc3cc(C)cc(S(=O)(=O)O)c3Cl)c2[O-])cc1Cl.[Na+]. The van der Waals surface area contributed by atoms with Crippen molar-refractivity contribution in [2.24, 2.45) is 10.2 Å². The molecule has 0 saturated heterocycles. The van der Waals surface area contributed by atoms with Gasteiger partial charge in [0.05, 0.1) is 22.8 Å². The van der Waals surface area contributed by atoms with Crippen LogP contribution in [0, 0.1) is 6.92 Å². The maximum Gasteiger partial charge on any atom is 1.00 e. The van der Waals surface area contributed by atoms with Gasteiger partial charge in [0.15, 0.2) is 0 Å². The van der Waals surface area contributed by atoms with Crippen LogP contribution in [-0.2, 0) is 10.1 Å². The number of anilines is 1. The normalized spacial score (nSPS) is 11.4. The van der Waals surface area contributed by atoms with Crippen molar-refractivity contribution < 1.29 is 57.2 Å². The van der Waals surface area contributed by atoms with Crippen LogP contribution in [0.4, 0.5) is 17.1 Å². The number of hydrogen-bond acceptors (Lipinski definition) is 7. The number of carbonyl (C=O) groups excluding carboxylic acids is 1. The summed E-state index contributed by atoms with van der Waals surface area (Å²) in [6.45, 7) is 1.58. The number of nitrogens with one attached hydrogen (secondary N) is 1.